The second kappa shape index (κ2) is 9.34. The molecular weight excluding hydrogens is 422 g/mol. The number of fused-ring (bicyclic) bond motifs is 2. The minimum atomic E-state index is -0.183. The first kappa shape index (κ1) is 21.0. The Bertz CT molecular complexity index is 1260. The van der Waals surface area contributed by atoms with Gasteiger partial charge in [-0.05, 0) is 35.2 Å². The molecule has 1 aliphatic heterocycles. The van der Waals surface area contributed by atoms with Crippen LogP contribution >= 0.6 is 11.3 Å². The first-order chi connectivity index (χ1) is 15.7. The lowest BCUT2D eigenvalue weighted by Gasteiger charge is -2.33. The van der Waals surface area contributed by atoms with E-state index < -0.39 is 0 Å². The Kier molecular flexibility index (Phi) is 6.14. The maximum Gasteiger partial charge on any atom is 0.261 e. The second-order valence-electron chi connectivity index (χ2n) is 7.95. The number of rotatable bonds is 6. The van der Waals surface area contributed by atoms with Crippen molar-refractivity contribution >= 4 is 38.2 Å². The highest BCUT2D eigenvalue weighted by atomic mass is 32.1. The van der Waals surface area contributed by atoms with E-state index in [1.54, 1.807) is 0 Å². The Morgan fingerprint density at radius 2 is 2.12 bits per heavy atom. The van der Waals surface area contributed by atoms with Gasteiger partial charge in [0.1, 0.15) is 0 Å². The van der Waals surface area contributed by atoms with Gasteiger partial charge in [-0.2, -0.15) is 0 Å². The zero-order valence-electron chi connectivity index (χ0n) is 17.7. The van der Waals surface area contributed by atoms with Crippen molar-refractivity contribution in [2.45, 2.75) is 12.6 Å². The molecule has 2 aromatic carbocycles. The number of benzene rings is 2. The number of pyridine rings is 1. The van der Waals surface area contributed by atoms with E-state index in [9.17, 15) is 4.79 Å². The monoisotopic (exact) mass is 447 g/mol. The summed E-state index contributed by atoms with van der Waals surface area (Å²) in [6.45, 7) is 3.14. The van der Waals surface area contributed by atoms with E-state index in [0.717, 1.165) is 39.6 Å². The van der Waals surface area contributed by atoms with Crippen LogP contribution in [-0.4, -0.2) is 53.7 Å². The van der Waals surface area contributed by atoms with Gasteiger partial charge in [-0.1, -0.05) is 30.3 Å². The van der Waals surface area contributed by atoms with Crippen molar-refractivity contribution in [3.05, 3.63) is 76.8 Å². The quantitative estimate of drug-likeness (QED) is 0.471. The summed E-state index contributed by atoms with van der Waals surface area (Å²) >= 11 is 1.48. The Labute approximate surface area is 190 Å². The van der Waals surface area contributed by atoms with Gasteiger partial charge in [-0.15, -0.1) is 11.3 Å². The number of nitrogens with zero attached hydrogens (tertiary/aromatic N) is 2. The number of amides is 1. The van der Waals surface area contributed by atoms with E-state index in [0.29, 0.717) is 18.0 Å². The minimum Gasteiger partial charge on any atom is -0.395 e. The standard InChI is InChI=1S/C25H25N3O3S/c29-12-10-27-25(30)24-23(19-5-1-2-6-22(19)32-24)21-16-28(11-13-31-21)15-17-7-8-20-18(14-17)4-3-9-26-20/h1-9,14,21,29H,10-13,15-16H2,(H,27,30)/t21-/m1/s1. The fourth-order valence-corrected chi connectivity index (χ4v) is 5.48. The first-order valence-corrected chi connectivity index (χ1v) is 11.6. The van der Waals surface area contributed by atoms with Crippen LogP contribution in [0.5, 0.6) is 0 Å². The van der Waals surface area contributed by atoms with Gasteiger partial charge in [0.05, 0.1) is 29.7 Å². The number of carbonyl (C=O) groups excluding carboxylic acids is 1. The number of aliphatic hydroxyl groups excluding tert-OH is 1. The molecule has 0 bridgehead atoms. The number of aromatic nitrogens is 1. The van der Waals surface area contributed by atoms with Crippen LogP contribution in [0.3, 0.4) is 0 Å². The Balaban J connectivity index is 1.41. The largest absolute Gasteiger partial charge is 0.395 e. The number of hydrogen-bond acceptors (Lipinski definition) is 6. The molecule has 1 amide bonds. The number of hydrogen-bond donors (Lipinski definition) is 2. The summed E-state index contributed by atoms with van der Waals surface area (Å²) in [5.74, 6) is -0.155. The zero-order chi connectivity index (χ0) is 21.9. The number of carbonyl (C=O) groups is 1. The number of nitrogens with one attached hydrogen (secondary N) is 1. The van der Waals surface area contributed by atoms with Crippen LogP contribution in [0.4, 0.5) is 0 Å². The Hall–Kier alpha value is -2.84. The van der Waals surface area contributed by atoms with E-state index in [1.807, 2.05) is 30.5 Å². The molecule has 1 fully saturated rings. The molecule has 4 aromatic rings. The normalized spacial score (nSPS) is 17.1. The molecule has 2 aromatic heterocycles. The molecular formula is C25H25N3O3S. The third-order valence-corrected chi connectivity index (χ3v) is 6.97. The van der Waals surface area contributed by atoms with Crippen molar-refractivity contribution < 1.29 is 14.6 Å². The highest BCUT2D eigenvalue weighted by Crippen LogP contribution is 2.38. The van der Waals surface area contributed by atoms with E-state index in [4.69, 9.17) is 9.84 Å². The van der Waals surface area contributed by atoms with Gasteiger partial charge in [0.2, 0.25) is 0 Å². The number of thiophene rings is 1. The van der Waals surface area contributed by atoms with E-state index >= 15 is 0 Å². The predicted octanol–water partition coefficient (Wildman–Crippen LogP) is 3.75. The molecule has 5 rings (SSSR count). The van der Waals surface area contributed by atoms with Gasteiger partial charge in [-0.3, -0.25) is 14.7 Å². The van der Waals surface area contributed by atoms with Crippen LogP contribution in [0.2, 0.25) is 0 Å². The highest BCUT2D eigenvalue weighted by molar-refractivity contribution is 7.21. The van der Waals surface area contributed by atoms with E-state index in [1.165, 1.54) is 16.9 Å². The molecule has 2 N–H and O–H groups in total. The predicted molar refractivity (Wildman–Crippen MR) is 127 cm³/mol. The van der Waals surface area contributed by atoms with E-state index in [-0.39, 0.29) is 25.2 Å². The highest BCUT2D eigenvalue weighted by Gasteiger charge is 2.29. The lowest BCUT2D eigenvalue weighted by molar-refractivity contribution is -0.0323. The number of aliphatic hydroxyl groups is 1. The summed E-state index contributed by atoms with van der Waals surface area (Å²) in [6.07, 6.45) is 1.63. The van der Waals surface area contributed by atoms with E-state index in [2.05, 4.69) is 45.5 Å². The molecule has 0 saturated carbocycles. The number of morpholine rings is 1. The summed E-state index contributed by atoms with van der Waals surface area (Å²) in [5.41, 5.74) is 3.19. The lowest BCUT2D eigenvalue weighted by atomic mass is 10.0. The van der Waals surface area contributed by atoms with Gasteiger partial charge in [0.15, 0.2) is 0 Å². The van der Waals surface area contributed by atoms with Crippen molar-refractivity contribution in [1.82, 2.24) is 15.2 Å². The van der Waals surface area contributed by atoms with Crippen molar-refractivity contribution in [3.8, 4) is 0 Å². The molecule has 6 nitrogen and oxygen atoms in total. The van der Waals surface area contributed by atoms with Crippen LogP contribution in [0.1, 0.15) is 26.9 Å². The fraction of sp³-hybridized carbons (Fsp3) is 0.280. The van der Waals surface area contributed by atoms with Crippen molar-refractivity contribution in [1.29, 1.82) is 0 Å². The Morgan fingerprint density at radius 1 is 1.22 bits per heavy atom. The third kappa shape index (κ3) is 4.25. The van der Waals surface area contributed by atoms with Crippen molar-refractivity contribution in [2.75, 3.05) is 32.8 Å². The fourth-order valence-electron chi connectivity index (χ4n) is 4.31. The maximum atomic E-state index is 12.8. The number of ether oxygens (including phenoxy) is 1. The molecule has 1 aliphatic rings. The maximum absolute atomic E-state index is 12.8. The lowest BCUT2D eigenvalue weighted by Crippen LogP contribution is -2.38. The molecule has 0 radical (unpaired) electrons. The van der Waals surface area contributed by atoms with Crippen LogP contribution < -0.4 is 5.32 Å². The molecule has 0 aliphatic carbocycles. The van der Waals surface area contributed by atoms with Gasteiger partial charge in [0, 0.05) is 48.0 Å². The SMILES string of the molecule is O=C(NCCO)c1sc2ccccc2c1[C@H]1CN(Cc2ccc3ncccc3c2)CCO1. The molecule has 3 heterocycles. The average Bonchev–Trinajstić information content (AvgIpc) is 3.22. The molecule has 0 spiro atoms. The van der Waals surface area contributed by atoms with Gasteiger partial charge in [-0.25, -0.2) is 0 Å². The second-order valence-corrected chi connectivity index (χ2v) is 9.00. The van der Waals surface area contributed by atoms with Gasteiger partial charge >= 0.3 is 0 Å². The molecule has 164 valence electrons. The topological polar surface area (TPSA) is 74.7 Å². The summed E-state index contributed by atoms with van der Waals surface area (Å²) in [4.78, 5) is 20.3. The average molecular weight is 448 g/mol. The summed E-state index contributed by atoms with van der Waals surface area (Å²) < 4.78 is 7.26. The van der Waals surface area contributed by atoms with Crippen LogP contribution in [-0.2, 0) is 11.3 Å². The molecule has 7 heteroatoms. The molecule has 0 unspecified atom stereocenters. The van der Waals surface area contributed by atoms with Crippen LogP contribution in [0.25, 0.3) is 21.0 Å². The third-order valence-electron chi connectivity index (χ3n) is 5.78. The molecule has 32 heavy (non-hydrogen) atoms. The van der Waals surface area contributed by atoms with Crippen molar-refractivity contribution in [3.63, 3.8) is 0 Å². The minimum absolute atomic E-state index is 0.0824. The van der Waals surface area contributed by atoms with Gasteiger partial charge in [0.25, 0.3) is 5.91 Å². The summed E-state index contributed by atoms with van der Waals surface area (Å²) in [6, 6.07) is 18.5. The summed E-state index contributed by atoms with van der Waals surface area (Å²) in [5, 5.41) is 14.1. The molecule has 1 saturated heterocycles. The van der Waals surface area contributed by atoms with Crippen LogP contribution in [0, 0.1) is 0 Å². The smallest absolute Gasteiger partial charge is 0.261 e. The van der Waals surface area contributed by atoms with Gasteiger partial charge < -0.3 is 15.2 Å². The van der Waals surface area contributed by atoms with Crippen molar-refractivity contribution in [2.24, 2.45) is 0 Å². The first-order valence-electron chi connectivity index (χ1n) is 10.8. The zero-order valence-corrected chi connectivity index (χ0v) is 18.5. The molecule has 1 atom stereocenters. The van der Waals surface area contributed by atoms with Crippen LogP contribution in [0.15, 0.2) is 60.8 Å². The Morgan fingerprint density at radius 3 is 3.03 bits per heavy atom. The summed E-state index contributed by atoms with van der Waals surface area (Å²) in [7, 11) is 0.